The number of rotatable bonds is 11. The lowest BCUT2D eigenvalue weighted by Gasteiger charge is -2.20. The van der Waals surface area contributed by atoms with E-state index < -0.39 is 47.0 Å². The Morgan fingerprint density at radius 3 is 2.13 bits per heavy atom. The number of benzene rings is 4. The molecule has 234 valence electrons. The molecule has 0 heterocycles. The number of aliphatic carboxylic acids is 1. The second-order valence-electron chi connectivity index (χ2n) is 11.0. The molecule has 0 aliphatic heterocycles. The highest BCUT2D eigenvalue weighted by Gasteiger charge is 2.33. The number of anilines is 1. The Morgan fingerprint density at radius 1 is 0.889 bits per heavy atom. The van der Waals surface area contributed by atoms with Crippen molar-refractivity contribution in [1.29, 1.82) is 0 Å². The molecule has 45 heavy (non-hydrogen) atoms. The number of carbonyl (C=O) groups excluding carboxylic acids is 2. The number of hydrogen-bond donors (Lipinski definition) is 2. The van der Waals surface area contributed by atoms with Crippen molar-refractivity contribution in [1.82, 2.24) is 5.32 Å². The molecule has 4 aromatic rings. The monoisotopic (exact) mass is 630 g/mol. The van der Waals surface area contributed by atoms with E-state index in [2.05, 4.69) is 5.32 Å². The van der Waals surface area contributed by atoms with Gasteiger partial charge in [0, 0.05) is 42.9 Å². The highest BCUT2D eigenvalue weighted by Crippen LogP contribution is 2.44. The highest BCUT2D eigenvalue weighted by molar-refractivity contribution is 7.87. The van der Waals surface area contributed by atoms with Crippen molar-refractivity contribution in [3.63, 3.8) is 0 Å². The van der Waals surface area contributed by atoms with E-state index in [4.69, 9.17) is 8.92 Å². The first kappa shape index (κ1) is 31.5. The van der Waals surface area contributed by atoms with Crippen LogP contribution in [0.5, 0.6) is 0 Å². The first-order chi connectivity index (χ1) is 21.5. The van der Waals surface area contributed by atoms with Crippen molar-refractivity contribution in [2.24, 2.45) is 0 Å². The van der Waals surface area contributed by atoms with Crippen molar-refractivity contribution < 1.29 is 36.8 Å². The van der Waals surface area contributed by atoms with Crippen molar-refractivity contribution in [2.45, 2.75) is 43.0 Å². The molecule has 10 nitrogen and oxygen atoms in total. The van der Waals surface area contributed by atoms with Gasteiger partial charge in [-0.3, -0.25) is 4.79 Å². The number of aryl methyl sites for hydroxylation is 1. The van der Waals surface area contributed by atoms with E-state index >= 15 is 0 Å². The number of amides is 1. The number of hydrogen-bond acceptors (Lipinski definition) is 8. The van der Waals surface area contributed by atoms with Crippen LogP contribution in [0.1, 0.15) is 42.4 Å². The minimum absolute atomic E-state index is 0.0526. The van der Waals surface area contributed by atoms with Crippen LogP contribution < -0.4 is 10.2 Å². The summed E-state index contributed by atoms with van der Waals surface area (Å²) in [5.74, 6) is -2.80. The highest BCUT2D eigenvalue weighted by atomic mass is 32.2. The second-order valence-corrected chi connectivity index (χ2v) is 12.5. The van der Waals surface area contributed by atoms with Crippen LogP contribution in [0.2, 0.25) is 0 Å². The van der Waals surface area contributed by atoms with Gasteiger partial charge in [0.1, 0.15) is 17.5 Å². The quantitative estimate of drug-likeness (QED) is 0.207. The van der Waals surface area contributed by atoms with Crippen LogP contribution in [0.3, 0.4) is 0 Å². The lowest BCUT2D eigenvalue weighted by Crippen LogP contribution is -2.43. The number of ether oxygens (including phenoxy) is 1. The van der Waals surface area contributed by atoms with Gasteiger partial charge in [-0.15, -0.1) is 0 Å². The molecule has 11 heteroatoms. The van der Waals surface area contributed by atoms with Crippen LogP contribution in [0.15, 0.2) is 83.8 Å². The number of nitrogens with zero attached hydrogens (tertiary/aromatic N) is 1. The average Bonchev–Trinajstić information content (AvgIpc) is 3.34. The third-order valence-electron chi connectivity index (χ3n) is 7.94. The van der Waals surface area contributed by atoms with E-state index in [-0.39, 0.29) is 17.4 Å². The molecule has 4 aromatic carbocycles. The van der Waals surface area contributed by atoms with Crippen LogP contribution >= 0.6 is 0 Å². The SMILES string of the molecule is CCc1ccc2c(N(C)C)cccc2c1S(=O)(=O)OC(=O)[C@H](CCC(=O)O)NC(=O)OCC1c2ccccc2-c2ccccc21. The molecule has 0 saturated heterocycles. The summed E-state index contributed by atoms with van der Waals surface area (Å²) in [5.41, 5.74) is 5.25. The number of nitrogens with one attached hydrogen (secondary N) is 1. The van der Waals surface area contributed by atoms with Crippen LogP contribution in [-0.4, -0.2) is 58.3 Å². The zero-order chi connectivity index (χ0) is 32.3. The number of carboxylic acid groups (broad SMARTS) is 1. The Hall–Kier alpha value is -4.90. The van der Waals surface area contributed by atoms with Gasteiger partial charge in [-0.25, -0.2) is 9.59 Å². The van der Waals surface area contributed by atoms with Gasteiger partial charge in [0.2, 0.25) is 0 Å². The molecule has 1 atom stereocenters. The van der Waals surface area contributed by atoms with Gasteiger partial charge in [-0.2, -0.15) is 8.42 Å². The van der Waals surface area contributed by atoms with Crippen LogP contribution in [-0.2, 0) is 35.0 Å². The van der Waals surface area contributed by atoms with Gasteiger partial charge in [0.05, 0.1) is 0 Å². The fraction of sp³-hybridized carbons (Fsp3) is 0.265. The zero-order valence-electron chi connectivity index (χ0n) is 25.1. The maximum atomic E-state index is 13.7. The average molecular weight is 631 g/mol. The Labute approximate surface area is 261 Å². The maximum absolute atomic E-state index is 13.7. The summed E-state index contributed by atoms with van der Waals surface area (Å²) in [4.78, 5) is 39.3. The van der Waals surface area contributed by atoms with Crippen molar-refractivity contribution in [3.8, 4) is 11.1 Å². The van der Waals surface area contributed by atoms with E-state index in [1.165, 1.54) is 0 Å². The summed E-state index contributed by atoms with van der Waals surface area (Å²) in [7, 11) is -1.03. The molecule has 0 radical (unpaired) electrons. The minimum atomic E-state index is -4.69. The summed E-state index contributed by atoms with van der Waals surface area (Å²) in [5, 5.41) is 12.6. The Morgan fingerprint density at radius 2 is 1.53 bits per heavy atom. The summed E-state index contributed by atoms with van der Waals surface area (Å²) < 4.78 is 37.9. The fourth-order valence-electron chi connectivity index (χ4n) is 5.83. The Bertz CT molecular complexity index is 1840. The summed E-state index contributed by atoms with van der Waals surface area (Å²) in [6, 6.07) is 22.7. The standard InChI is InChI=1S/C34H34N2O8S/c1-4-21-16-17-26-27(14-9-15-30(26)36(2)3)32(21)45(41,42)44-33(39)29(18-19-31(37)38)35-34(40)43-20-28-24-12-7-5-10-22(24)23-11-6-8-13-25(23)28/h5-17,28-29H,4,18-20H2,1-3H3,(H,35,40)(H,37,38)/t29-/m0/s1. The molecule has 0 aromatic heterocycles. The Kier molecular flexibility index (Phi) is 9.10. The maximum Gasteiger partial charge on any atom is 0.407 e. The Balaban J connectivity index is 1.36. The van der Waals surface area contributed by atoms with Crippen molar-refractivity contribution >= 4 is 44.6 Å². The fourth-order valence-corrected chi connectivity index (χ4v) is 7.23. The molecule has 0 spiro atoms. The molecular formula is C34H34N2O8S. The molecule has 0 saturated carbocycles. The van der Waals surface area contributed by atoms with Gasteiger partial charge in [0.15, 0.2) is 0 Å². The summed E-state index contributed by atoms with van der Waals surface area (Å²) in [6.07, 6.45) is -1.59. The van der Waals surface area contributed by atoms with Gasteiger partial charge in [-0.1, -0.05) is 79.7 Å². The number of alkyl carbamates (subject to hydrolysis) is 1. The van der Waals surface area contributed by atoms with Gasteiger partial charge < -0.3 is 24.2 Å². The van der Waals surface area contributed by atoms with E-state index in [9.17, 15) is 27.9 Å². The molecule has 0 unspecified atom stereocenters. The summed E-state index contributed by atoms with van der Waals surface area (Å²) in [6.45, 7) is 1.73. The number of carboxylic acids is 1. The molecule has 1 aliphatic rings. The van der Waals surface area contributed by atoms with Gasteiger partial charge in [-0.05, 0) is 46.7 Å². The van der Waals surface area contributed by atoms with E-state index in [0.29, 0.717) is 22.8 Å². The third-order valence-corrected chi connectivity index (χ3v) is 9.31. The topological polar surface area (TPSA) is 139 Å². The molecule has 1 amide bonds. The lowest BCUT2D eigenvalue weighted by atomic mass is 9.98. The van der Waals surface area contributed by atoms with Gasteiger partial charge >= 0.3 is 28.1 Å². The van der Waals surface area contributed by atoms with E-state index in [1.54, 1.807) is 25.1 Å². The lowest BCUT2D eigenvalue weighted by molar-refractivity contribution is -0.138. The minimum Gasteiger partial charge on any atom is -0.481 e. The second kappa shape index (κ2) is 13.0. The summed E-state index contributed by atoms with van der Waals surface area (Å²) >= 11 is 0. The molecule has 0 bridgehead atoms. The van der Waals surface area contributed by atoms with Gasteiger partial charge in [0.25, 0.3) is 0 Å². The number of carbonyl (C=O) groups is 3. The predicted octanol–water partition coefficient (Wildman–Crippen LogP) is 5.47. The van der Waals surface area contributed by atoms with Crippen molar-refractivity contribution in [3.05, 3.63) is 95.6 Å². The first-order valence-electron chi connectivity index (χ1n) is 14.5. The predicted molar refractivity (Wildman–Crippen MR) is 170 cm³/mol. The molecular weight excluding hydrogens is 596 g/mol. The molecule has 5 rings (SSSR count). The molecule has 2 N–H and O–H groups in total. The van der Waals surface area contributed by atoms with E-state index in [0.717, 1.165) is 27.9 Å². The normalized spacial score (nSPS) is 13.0. The van der Waals surface area contributed by atoms with Crippen LogP contribution in [0, 0.1) is 0 Å². The van der Waals surface area contributed by atoms with Crippen LogP contribution in [0.4, 0.5) is 10.5 Å². The zero-order valence-corrected chi connectivity index (χ0v) is 26.0. The van der Waals surface area contributed by atoms with Crippen LogP contribution in [0.25, 0.3) is 21.9 Å². The smallest absolute Gasteiger partial charge is 0.407 e. The third kappa shape index (κ3) is 6.48. The van der Waals surface area contributed by atoms with Crippen molar-refractivity contribution in [2.75, 3.05) is 25.6 Å². The largest absolute Gasteiger partial charge is 0.481 e. The first-order valence-corrected chi connectivity index (χ1v) is 16.0. The number of fused-ring (bicyclic) bond motifs is 4. The molecule has 0 fully saturated rings. The van der Waals surface area contributed by atoms with E-state index in [1.807, 2.05) is 79.7 Å². The molecule has 1 aliphatic carbocycles.